The Labute approximate surface area is 164 Å². The fourth-order valence-corrected chi connectivity index (χ4v) is 3.59. The van der Waals surface area contributed by atoms with Crippen molar-refractivity contribution in [3.63, 3.8) is 0 Å². The number of hydrogen-bond donors (Lipinski definition) is 0. The van der Waals surface area contributed by atoms with Gasteiger partial charge in [-0.2, -0.15) is 5.10 Å². The van der Waals surface area contributed by atoms with E-state index in [9.17, 15) is 4.79 Å². The first-order valence-electron chi connectivity index (χ1n) is 9.32. The molecule has 0 N–H and O–H groups in total. The standard InChI is InChI=1S/C21H24ClN3O2/c1-4-16-9-10-18-21(15-11-12-23-19(22)13-15)17(14(3)24-25(16)18)7-6-8-20(26)27-5-2/h9-13H,4-8H2,1-3H3. The summed E-state index contributed by atoms with van der Waals surface area (Å²) in [4.78, 5) is 15.8. The number of aromatic nitrogens is 3. The van der Waals surface area contributed by atoms with E-state index in [1.807, 2.05) is 30.5 Å². The number of carbonyl (C=O) groups is 1. The zero-order chi connectivity index (χ0) is 19.4. The lowest BCUT2D eigenvalue weighted by atomic mass is 9.95. The molecule has 5 nitrogen and oxygen atoms in total. The monoisotopic (exact) mass is 385 g/mol. The Morgan fingerprint density at radius 1 is 1.26 bits per heavy atom. The molecule has 3 aromatic heterocycles. The largest absolute Gasteiger partial charge is 0.466 e. The summed E-state index contributed by atoms with van der Waals surface area (Å²) in [5, 5.41) is 5.26. The molecule has 3 rings (SSSR count). The molecule has 0 aliphatic heterocycles. The van der Waals surface area contributed by atoms with E-state index in [1.165, 1.54) is 0 Å². The highest BCUT2D eigenvalue weighted by atomic mass is 35.5. The van der Waals surface area contributed by atoms with Gasteiger partial charge < -0.3 is 4.74 Å². The maximum atomic E-state index is 11.7. The predicted octanol–water partition coefficient (Wildman–Crippen LogP) is 4.81. The third-order valence-electron chi connectivity index (χ3n) is 4.67. The summed E-state index contributed by atoms with van der Waals surface area (Å²) in [7, 11) is 0. The fraction of sp³-hybridized carbons (Fsp3) is 0.381. The van der Waals surface area contributed by atoms with Crippen molar-refractivity contribution in [3.8, 4) is 11.1 Å². The first kappa shape index (κ1) is 19.4. The van der Waals surface area contributed by atoms with Gasteiger partial charge in [-0.25, -0.2) is 9.50 Å². The molecule has 3 heterocycles. The van der Waals surface area contributed by atoms with Crippen LogP contribution in [-0.4, -0.2) is 27.2 Å². The quantitative estimate of drug-likeness (QED) is 0.432. The van der Waals surface area contributed by atoms with Crippen molar-refractivity contribution in [2.75, 3.05) is 6.61 Å². The fourth-order valence-electron chi connectivity index (χ4n) is 3.42. The number of nitrogens with zero attached hydrogens (tertiary/aromatic N) is 3. The Balaban J connectivity index is 2.07. The summed E-state index contributed by atoms with van der Waals surface area (Å²) in [6.45, 7) is 6.37. The van der Waals surface area contributed by atoms with Gasteiger partial charge in [-0.3, -0.25) is 4.79 Å². The molecule has 0 spiro atoms. The van der Waals surface area contributed by atoms with Crippen LogP contribution in [0.15, 0.2) is 30.5 Å². The van der Waals surface area contributed by atoms with Crippen LogP contribution in [0.2, 0.25) is 5.15 Å². The summed E-state index contributed by atoms with van der Waals surface area (Å²) in [5.74, 6) is -0.159. The lowest BCUT2D eigenvalue weighted by Crippen LogP contribution is -2.08. The Bertz CT molecular complexity index is 965. The Morgan fingerprint density at radius 3 is 2.78 bits per heavy atom. The van der Waals surface area contributed by atoms with Crippen molar-refractivity contribution in [1.82, 2.24) is 14.6 Å². The minimum atomic E-state index is -0.159. The van der Waals surface area contributed by atoms with Crippen molar-refractivity contribution in [1.29, 1.82) is 0 Å². The van der Waals surface area contributed by atoms with E-state index in [0.717, 1.165) is 46.4 Å². The molecule has 0 bridgehead atoms. The number of pyridine rings is 1. The highest BCUT2D eigenvalue weighted by Gasteiger charge is 2.17. The van der Waals surface area contributed by atoms with Crippen molar-refractivity contribution < 1.29 is 9.53 Å². The molecule has 0 saturated carbocycles. The van der Waals surface area contributed by atoms with Crippen molar-refractivity contribution in [3.05, 3.63) is 52.6 Å². The van der Waals surface area contributed by atoms with Crippen LogP contribution < -0.4 is 0 Å². The number of carbonyl (C=O) groups excluding carboxylic acids is 1. The van der Waals surface area contributed by atoms with E-state index in [2.05, 4.69) is 24.0 Å². The van der Waals surface area contributed by atoms with E-state index < -0.39 is 0 Å². The van der Waals surface area contributed by atoms with Crippen LogP contribution >= 0.6 is 11.6 Å². The van der Waals surface area contributed by atoms with Crippen molar-refractivity contribution in [2.24, 2.45) is 0 Å². The van der Waals surface area contributed by atoms with E-state index in [0.29, 0.717) is 24.6 Å². The smallest absolute Gasteiger partial charge is 0.305 e. The second kappa shape index (κ2) is 8.53. The molecule has 0 aromatic carbocycles. The molecule has 0 aliphatic carbocycles. The second-order valence-electron chi connectivity index (χ2n) is 6.44. The second-order valence-corrected chi connectivity index (χ2v) is 6.83. The van der Waals surface area contributed by atoms with Gasteiger partial charge >= 0.3 is 5.97 Å². The van der Waals surface area contributed by atoms with Gasteiger partial charge in [0.15, 0.2) is 0 Å². The van der Waals surface area contributed by atoms with Gasteiger partial charge in [-0.1, -0.05) is 18.5 Å². The Morgan fingerprint density at radius 2 is 2.07 bits per heavy atom. The Kier molecular flexibility index (Phi) is 6.11. The molecular formula is C21H24ClN3O2. The summed E-state index contributed by atoms with van der Waals surface area (Å²) in [6.07, 6.45) is 4.48. The van der Waals surface area contributed by atoms with Crippen LogP contribution in [0.1, 0.15) is 43.6 Å². The van der Waals surface area contributed by atoms with Gasteiger partial charge in [0.05, 0.1) is 17.8 Å². The molecular weight excluding hydrogens is 362 g/mol. The van der Waals surface area contributed by atoms with Crippen LogP contribution in [0.4, 0.5) is 0 Å². The average Bonchev–Trinajstić information content (AvgIpc) is 3.04. The average molecular weight is 386 g/mol. The lowest BCUT2D eigenvalue weighted by Gasteiger charge is -2.16. The van der Waals surface area contributed by atoms with Gasteiger partial charge in [-0.05, 0) is 68.5 Å². The molecule has 142 valence electrons. The van der Waals surface area contributed by atoms with Crippen LogP contribution in [0.3, 0.4) is 0 Å². The Hall–Kier alpha value is -2.40. The summed E-state index contributed by atoms with van der Waals surface area (Å²) < 4.78 is 7.05. The van der Waals surface area contributed by atoms with E-state index in [1.54, 1.807) is 6.20 Å². The normalized spacial score (nSPS) is 11.1. The third kappa shape index (κ3) is 4.14. The first-order chi connectivity index (χ1) is 13.0. The topological polar surface area (TPSA) is 56.5 Å². The maximum Gasteiger partial charge on any atom is 0.305 e. The van der Waals surface area contributed by atoms with Crippen LogP contribution in [-0.2, 0) is 22.4 Å². The van der Waals surface area contributed by atoms with E-state index in [4.69, 9.17) is 21.4 Å². The molecule has 0 fully saturated rings. The van der Waals surface area contributed by atoms with Crippen LogP contribution in [0.25, 0.3) is 16.6 Å². The lowest BCUT2D eigenvalue weighted by molar-refractivity contribution is -0.143. The highest BCUT2D eigenvalue weighted by molar-refractivity contribution is 6.29. The summed E-state index contributed by atoms with van der Waals surface area (Å²) in [5.41, 5.74) is 6.42. The molecule has 0 saturated heterocycles. The minimum absolute atomic E-state index is 0.159. The van der Waals surface area contributed by atoms with Crippen molar-refractivity contribution in [2.45, 2.75) is 46.5 Å². The zero-order valence-corrected chi connectivity index (χ0v) is 16.7. The number of hydrogen-bond acceptors (Lipinski definition) is 4. The molecule has 0 amide bonds. The van der Waals surface area contributed by atoms with Crippen LogP contribution in [0.5, 0.6) is 0 Å². The number of halogens is 1. The molecule has 0 aliphatic rings. The number of esters is 1. The molecule has 0 unspecified atom stereocenters. The van der Waals surface area contributed by atoms with Crippen LogP contribution in [0, 0.1) is 6.92 Å². The highest BCUT2D eigenvalue weighted by Crippen LogP contribution is 2.33. The van der Waals surface area contributed by atoms with Gasteiger partial charge in [-0.15, -0.1) is 0 Å². The predicted molar refractivity (Wildman–Crippen MR) is 107 cm³/mol. The number of fused-ring (bicyclic) bond motifs is 1. The molecule has 3 aromatic rings. The molecule has 27 heavy (non-hydrogen) atoms. The third-order valence-corrected chi connectivity index (χ3v) is 4.88. The van der Waals surface area contributed by atoms with Gasteiger partial charge in [0.2, 0.25) is 0 Å². The van der Waals surface area contributed by atoms with Gasteiger partial charge in [0.25, 0.3) is 0 Å². The number of rotatable bonds is 7. The van der Waals surface area contributed by atoms with Gasteiger partial charge in [0.1, 0.15) is 5.15 Å². The maximum absolute atomic E-state index is 11.7. The van der Waals surface area contributed by atoms with Crippen molar-refractivity contribution >= 4 is 23.1 Å². The zero-order valence-electron chi connectivity index (χ0n) is 16.0. The first-order valence-corrected chi connectivity index (χ1v) is 9.70. The minimum Gasteiger partial charge on any atom is -0.466 e. The SMILES string of the molecule is CCOC(=O)CCCc1c(C)nn2c(CC)ccc2c1-c1ccnc(Cl)c1. The molecule has 0 radical (unpaired) electrons. The van der Waals surface area contributed by atoms with E-state index in [-0.39, 0.29) is 5.97 Å². The summed E-state index contributed by atoms with van der Waals surface area (Å²) in [6, 6.07) is 8.05. The molecule has 6 heteroatoms. The number of ether oxygens (including phenoxy) is 1. The van der Waals surface area contributed by atoms with Gasteiger partial charge in [0, 0.05) is 23.9 Å². The molecule has 0 atom stereocenters. The van der Waals surface area contributed by atoms with E-state index >= 15 is 0 Å². The number of aryl methyl sites for hydroxylation is 2. The summed E-state index contributed by atoms with van der Waals surface area (Å²) >= 11 is 6.16.